The lowest BCUT2D eigenvalue weighted by atomic mass is 10.0. The zero-order chi connectivity index (χ0) is 9.14. The molecular formula is C7H11NO4. The van der Waals surface area contributed by atoms with Gasteiger partial charge in [-0.15, -0.1) is 0 Å². The molecule has 0 unspecified atom stereocenters. The monoisotopic (exact) mass is 173 g/mol. The van der Waals surface area contributed by atoms with Gasteiger partial charge in [-0.1, -0.05) is 0 Å². The van der Waals surface area contributed by atoms with Crippen LogP contribution in [0.1, 0.15) is 6.92 Å². The van der Waals surface area contributed by atoms with Gasteiger partial charge in [0.2, 0.25) is 0 Å². The van der Waals surface area contributed by atoms with Crippen LogP contribution in [0.2, 0.25) is 0 Å². The van der Waals surface area contributed by atoms with Gasteiger partial charge in [0.1, 0.15) is 0 Å². The average Bonchev–Trinajstić information content (AvgIpc) is 1.82. The van der Waals surface area contributed by atoms with E-state index in [1.165, 1.54) is 4.90 Å². The van der Waals surface area contributed by atoms with E-state index in [0.717, 1.165) is 0 Å². The van der Waals surface area contributed by atoms with Gasteiger partial charge in [0.05, 0.1) is 12.5 Å². The first-order chi connectivity index (χ1) is 5.65. The highest BCUT2D eigenvalue weighted by atomic mass is 16.6. The summed E-state index contributed by atoms with van der Waals surface area (Å²) >= 11 is 0. The Bertz CT molecular complexity index is 198. The summed E-state index contributed by atoms with van der Waals surface area (Å²) in [6, 6.07) is 0. The van der Waals surface area contributed by atoms with Crippen LogP contribution in [0.15, 0.2) is 0 Å². The molecule has 0 radical (unpaired) electrons. The lowest BCUT2D eigenvalue weighted by Gasteiger charge is -2.35. The Morgan fingerprint density at radius 1 is 1.58 bits per heavy atom. The minimum absolute atomic E-state index is 0.272. The van der Waals surface area contributed by atoms with Gasteiger partial charge in [0, 0.05) is 13.1 Å². The normalized spacial score (nSPS) is 16.9. The maximum Gasteiger partial charge on any atom is 0.409 e. The third-order valence-electron chi connectivity index (χ3n) is 1.76. The molecule has 0 bridgehead atoms. The van der Waals surface area contributed by atoms with Gasteiger partial charge in [-0.25, -0.2) is 4.79 Å². The van der Waals surface area contributed by atoms with Crippen molar-refractivity contribution >= 4 is 12.1 Å². The van der Waals surface area contributed by atoms with Crippen molar-refractivity contribution in [3.8, 4) is 0 Å². The van der Waals surface area contributed by atoms with Crippen molar-refractivity contribution in [1.29, 1.82) is 0 Å². The first-order valence-corrected chi connectivity index (χ1v) is 3.79. The Hall–Kier alpha value is -1.26. The van der Waals surface area contributed by atoms with Gasteiger partial charge in [-0.3, -0.25) is 4.79 Å². The molecule has 0 spiro atoms. The molecule has 0 aliphatic carbocycles. The second-order valence-corrected chi connectivity index (χ2v) is 2.64. The van der Waals surface area contributed by atoms with Crippen molar-refractivity contribution in [2.24, 2.45) is 5.92 Å². The van der Waals surface area contributed by atoms with Crippen molar-refractivity contribution in [1.82, 2.24) is 4.90 Å². The van der Waals surface area contributed by atoms with Gasteiger partial charge in [-0.05, 0) is 6.92 Å². The molecule has 0 saturated carbocycles. The minimum atomic E-state index is -0.851. The Morgan fingerprint density at radius 3 is 2.58 bits per heavy atom. The number of rotatable bonds is 2. The van der Waals surface area contributed by atoms with Crippen LogP contribution in [0.25, 0.3) is 0 Å². The van der Waals surface area contributed by atoms with Crippen LogP contribution < -0.4 is 0 Å². The molecule has 0 aromatic rings. The third-order valence-corrected chi connectivity index (χ3v) is 1.76. The van der Waals surface area contributed by atoms with E-state index in [1.807, 2.05) is 0 Å². The van der Waals surface area contributed by atoms with E-state index in [4.69, 9.17) is 5.11 Å². The Morgan fingerprint density at radius 2 is 2.17 bits per heavy atom. The highest BCUT2D eigenvalue weighted by Gasteiger charge is 2.36. The SMILES string of the molecule is CCOC(=O)N1CC(C(=O)O)C1. The van der Waals surface area contributed by atoms with Crippen molar-refractivity contribution in [3.05, 3.63) is 0 Å². The number of carbonyl (C=O) groups excluding carboxylic acids is 1. The lowest BCUT2D eigenvalue weighted by molar-refractivity contribution is -0.146. The molecule has 1 saturated heterocycles. The average molecular weight is 173 g/mol. The zero-order valence-electron chi connectivity index (χ0n) is 6.82. The van der Waals surface area contributed by atoms with Gasteiger partial charge in [0.15, 0.2) is 0 Å². The van der Waals surface area contributed by atoms with Crippen molar-refractivity contribution in [2.75, 3.05) is 19.7 Å². The Balaban J connectivity index is 2.25. The number of carboxylic acids is 1. The van der Waals surface area contributed by atoms with Gasteiger partial charge >= 0.3 is 12.1 Å². The molecule has 0 aromatic carbocycles. The number of aliphatic carboxylic acids is 1. The summed E-state index contributed by atoms with van der Waals surface area (Å²) in [6.07, 6.45) is -0.421. The zero-order valence-corrected chi connectivity index (χ0v) is 6.82. The predicted molar refractivity (Wildman–Crippen MR) is 39.7 cm³/mol. The van der Waals surface area contributed by atoms with Crippen LogP contribution in [0.3, 0.4) is 0 Å². The number of hydrogen-bond donors (Lipinski definition) is 1. The molecule has 1 heterocycles. The molecular weight excluding hydrogens is 162 g/mol. The summed E-state index contributed by atoms with van der Waals surface area (Å²) in [6.45, 7) is 2.59. The van der Waals surface area contributed by atoms with E-state index in [2.05, 4.69) is 4.74 Å². The van der Waals surface area contributed by atoms with Crippen LogP contribution in [0.4, 0.5) is 4.79 Å². The summed E-state index contributed by atoms with van der Waals surface area (Å²) in [5.41, 5.74) is 0. The summed E-state index contributed by atoms with van der Waals surface area (Å²) in [5, 5.41) is 8.48. The molecule has 5 heteroatoms. The first kappa shape index (κ1) is 8.83. The molecule has 1 rings (SSSR count). The predicted octanol–water partition coefficient (Wildman–Crippen LogP) is 0.159. The number of ether oxygens (including phenoxy) is 1. The van der Waals surface area contributed by atoms with Crippen LogP contribution in [0, 0.1) is 5.92 Å². The standard InChI is InChI=1S/C7H11NO4/c1-2-12-7(11)8-3-5(4-8)6(9)10/h5H,2-4H2,1H3,(H,9,10). The van der Waals surface area contributed by atoms with Crippen molar-refractivity contribution < 1.29 is 19.4 Å². The van der Waals surface area contributed by atoms with E-state index >= 15 is 0 Å². The van der Waals surface area contributed by atoms with Crippen molar-refractivity contribution in [3.63, 3.8) is 0 Å². The number of carboxylic acid groups (broad SMARTS) is 1. The molecule has 1 N–H and O–H groups in total. The van der Waals surface area contributed by atoms with Gasteiger partial charge < -0.3 is 14.7 Å². The van der Waals surface area contributed by atoms with E-state index in [1.54, 1.807) is 6.92 Å². The number of likely N-dealkylation sites (tertiary alicyclic amines) is 1. The van der Waals surface area contributed by atoms with Crippen LogP contribution in [0.5, 0.6) is 0 Å². The molecule has 5 nitrogen and oxygen atoms in total. The number of hydrogen-bond acceptors (Lipinski definition) is 3. The van der Waals surface area contributed by atoms with Gasteiger partial charge in [-0.2, -0.15) is 0 Å². The summed E-state index contributed by atoms with van der Waals surface area (Å²) in [4.78, 5) is 22.6. The molecule has 0 aromatic heterocycles. The molecule has 12 heavy (non-hydrogen) atoms. The molecule has 1 aliphatic heterocycles. The molecule has 68 valence electrons. The van der Waals surface area contributed by atoms with E-state index in [0.29, 0.717) is 6.61 Å². The quantitative estimate of drug-likeness (QED) is 0.645. The largest absolute Gasteiger partial charge is 0.481 e. The second-order valence-electron chi connectivity index (χ2n) is 2.64. The maximum atomic E-state index is 10.9. The summed E-state index contributed by atoms with van der Waals surface area (Å²) in [7, 11) is 0. The second kappa shape index (κ2) is 3.42. The highest BCUT2D eigenvalue weighted by Crippen LogP contribution is 2.16. The van der Waals surface area contributed by atoms with Crippen LogP contribution in [-0.4, -0.2) is 41.8 Å². The van der Waals surface area contributed by atoms with E-state index < -0.39 is 18.0 Å². The van der Waals surface area contributed by atoms with Crippen LogP contribution >= 0.6 is 0 Å². The summed E-state index contributed by atoms with van der Waals surface area (Å²) in [5.74, 6) is -1.26. The number of amides is 1. The van der Waals surface area contributed by atoms with E-state index in [9.17, 15) is 9.59 Å². The number of carbonyl (C=O) groups is 2. The number of nitrogens with zero attached hydrogens (tertiary/aromatic N) is 1. The third kappa shape index (κ3) is 1.66. The minimum Gasteiger partial charge on any atom is -0.481 e. The fourth-order valence-corrected chi connectivity index (χ4v) is 0.999. The Kier molecular flexibility index (Phi) is 2.52. The van der Waals surface area contributed by atoms with Gasteiger partial charge in [0.25, 0.3) is 0 Å². The highest BCUT2D eigenvalue weighted by molar-refractivity contribution is 5.76. The molecule has 1 amide bonds. The van der Waals surface area contributed by atoms with Crippen molar-refractivity contribution in [2.45, 2.75) is 6.92 Å². The topological polar surface area (TPSA) is 66.8 Å². The first-order valence-electron chi connectivity index (χ1n) is 3.79. The van der Waals surface area contributed by atoms with E-state index in [-0.39, 0.29) is 13.1 Å². The molecule has 1 aliphatic rings. The lowest BCUT2D eigenvalue weighted by Crippen LogP contribution is -2.53. The molecule has 1 fully saturated rings. The molecule has 0 atom stereocenters. The maximum absolute atomic E-state index is 10.9. The summed E-state index contributed by atoms with van der Waals surface area (Å²) < 4.78 is 4.67. The Labute approximate surface area is 69.9 Å². The fraction of sp³-hybridized carbons (Fsp3) is 0.714. The van der Waals surface area contributed by atoms with Crippen LogP contribution in [-0.2, 0) is 9.53 Å². The fourth-order valence-electron chi connectivity index (χ4n) is 0.999. The smallest absolute Gasteiger partial charge is 0.409 e.